The van der Waals surface area contributed by atoms with Crippen LogP contribution in [-0.2, 0) is 0 Å². The first-order valence-corrected chi connectivity index (χ1v) is 6.91. The van der Waals surface area contributed by atoms with Gasteiger partial charge in [0.15, 0.2) is 0 Å². The van der Waals surface area contributed by atoms with E-state index in [1.807, 2.05) is 0 Å². The number of alkyl halides is 7. The van der Waals surface area contributed by atoms with E-state index in [2.05, 4.69) is 5.10 Å². The molecular weight excluding hydrogens is 389 g/mol. The fourth-order valence-electron chi connectivity index (χ4n) is 1.78. The van der Waals surface area contributed by atoms with Gasteiger partial charge in [0.05, 0.1) is 11.8 Å². The van der Waals surface area contributed by atoms with Gasteiger partial charge in [-0.1, -0.05) is 12.1 Å². The number of carboxylic acid groups (broad SMARTS) is 1. The molecule has 12 heteroatoms. The number of hydrogen-bond acceptors (Lipinski definition) is 4. The average molecular weight is 398 g/mol. The van der Waals surface area contributed by atoms with Crippen molar-refractivity contribution >= 4 is 12.2 Å². The second kappa shape index (κ2) is 6.93. The summed E-state index contributed by atoms with van der Waals surface area (Å²) in [6.45, 7) is 0. The highest BCUT2D eigenvalue weighted by Crippen LogP contribution is 2.44. The quantitative estimate of drug-likeness (QED) is 0.328. The van der Waals surface area contributed by atoms with Crippen molar-refractivity contribution in [1.29, 1.82) is 0 Å². The van der Waals surface area contributed by atoms with Crippen LogP contribution in [0.25, 0.3) is 11.3 Å². The lowest BCUT2D eigenvalue weighted by atomic mass is 10.1. The zero-order valence-corrected chi connectivity index (χ0v) is 12.9. The minimum absolute atomic E-state index is 0.00381. The highest BCUT2D eigenvalue weighted by Gasteiger charge is 2.73. The van der Waals surface area contributed by atoms with Crippen molar-refractivity contribution in [2.45, 2.75) is 18.1 Å². The average Bonchev–Trinajstić information content (AvgIpc) is 3.02. The summed E-state index contributed by atoms with van der Waals surface area (Å²) in [7, 11) is 0. The third kappa shape index (κ3) is 4.20. The Kier molecular flexibility index (Phi) is 5.20. The van der Waals surface area contributed by atoms with Gasteiger partial charge in [0.25, 0.3) is 0 Å². The van der Waals surface area contributed by atoms with Crippen molar-refractivity contribution in [2.75, 3.05) is 0 Å². The Bertz CT molecular complexity index is 842. The molecule has 1 heterocycles. The third-order valence-electron chi connectivity index (χ3n) is 3.19. The van der Waals surface area contributed by atoms with Crippen molar-refractivity contribution in [3.05, 3.63) is 47.7 Å². The topological polar surface area (TPSA) is 74.8 Å². The molecule has 0 aliphatic carbocycles. The molecule has 0 fully saturated rings. The van der Waals surface area contributed by atoms with Crippen LogP contribution in [-0.4, -0.2) is 35.4 Å². The van der Waals surface area contributed by atoms with Crippen LogP contribution in [0.4, 0.5) is 30.7 Å². The first-order valence-electron chi connectivity index (χ1n) is 6.91. The molecule has 146 valence electrons. The molecule has 0 saturated heterocycles. The molecule has 0 spiro atoms. The summed E-state index contributed by atoms with van der Waals surface area (Å²) >= 11 is 0. The number of benzene rings is 1. The molecule has 0 unspecified atom stereocenters. The van der Waals surface area contributed by atoms with Crippen molar-refractivity contribution in [2.24, 2.45) is 5.10 Å². The normalized spacial score (nSPS) is 13.1. The number of hydrazone groups is 1. The van der Waals surface area contributed by atoms with Crippen LogP contribution in [0.3, 0.4) is 0 Å². The molecule has 0 aliphatic heterocycles. The lowest BCUT2D eigenvalue weighted by Crippen LogP contribution is -2.58. The van der Waals surface area contributed by atoms with Gasteiger partial charge in [0, 0.05) is 5.56 Å². The van der Waals surface area contributed by atoms with Gasteiger partial charge in [-0.2, -0.15) is 35.8 Å². The standard InChI is InChI=1S/C15H9F7N2O3/c16-13(17,14(18,19)20)15(21,22)24-23-7-10-5-6-11(27-10)8-1-3-9(4-2-8)12(25)26/h1-7,24H,(H,25,26)/b23-7+. The number of carboxylic acids is 1. The molecule has 0 atom stereocenters. The van der Waals surface area contributed by atoms with Crippen molar-refractivity contribution in [1.82, 2.24) is 5.43 Å². The summed E-state index contributed by atoms with van der Waals surface area (Å²) in [5.41, 5.74) is 0.872. The Hall–Kier alpha value is -3.05. The number of hydrogen-bond donors (Lipinski definition) is 2. The van der Waals surface area contributed by atoms with E-state index in [1.54, 1.807) is 0 Å². The van der Waals surface area contributed by atoms with Gasteiger partial charge < -0.3 is 9.52 Å². The van der Waals surface area contributed by atoms with Crippen LogP contribution in [0.15, 0.2) is 45.9 Å². The Morgan fingerprint density at radius 1 is 1.00 bits per heavy atom. The number of halogens is 7. The van der Waals surface area contributed by atoms with E-state index >= 15 is 0 Å². The molecule has 1 aromatic heterocycles. The maximum Gasteiger partial charge on any atom is 0.462 e. The number of carbonyl (C=O) groups is 1. The largest absolute Gasteiger partial charge is 0.478 e. The number of furan rings is 1. The van der Waals surface area contributed by atoms with E-state index in [9.17, 15) is 35.5 Å². The molecule has 27 heavy (non-hydrogen) atoms. The SMILES string of the molecule is O=C(O)c1ccc(-c2ccc(/C=N/NC(F)(F)C(F)(F)C(F)(F)F)o2)cc1. The van der Waals surface area contributed by atoms with Crippen LogP contribution < -0.4 is 5.43 Å². The van der Waals surface area contributed by atoms with Gasteiger partial charge in [-0.3, -0.25) is 0 Å². The smallest absolute Gasteiger partial charge is 0.462 e. The Morgan fingerprint density at radius 3 is 2.11 bits per heavy atom. The predicted octanol–water partition coefficient (Wildman–Crippen LogP) is 4.36. The van der Waals surface area contributed by atoms with Gasteiger partial charge in [-0.15, -0.1) is 0 Å². The van der Waals surface area contributed by atoms with Crippen molar-refractivity contribution in [3.63, 3.8) is 0 Å². The molecule has 0 radical (unpaired) electrons. The fourth-order valence-corrected chi connectivity index (χ4v) is 1.78. The van der Waals surface area contributed by atoms with Gasteiger partial charge in [-0.25, -0.2) is 10.2 Å². The number of aromatic carboxylic acids is 1. The van der Waals surface area contributed by atoms with E-state index in [1.165, 1.54) is 36.4 Å². The summed E-state index contributed by atoms with van der Waals surface area (Å²) in [5, 5.41) is 11.4. The van der Waals surface area contributed by atoms with Crippen molar-refractivity contribution in [3.8, 4) is 11.3 Å². The highest BCUT2D eigenvalue weighted by atomic mass is 19.4. The Labute approximate surface area is 146 Å². The Balaban J connectivity index is 2.10. The summed E-state index contributed by atoms with van der Waals surface area (Å²) < 4.78 is 92.4. The van der Waals surface area contributed by atoms with Gasteiger partial charge in [-0.05, 0) is 24.3 Å². The maximum atomic E-state index is 13.0. The lowest BCUT2D eigenvalue weighted by molar-refractivity contribution is -0.361. The predicted molar refractivity (Wildman–Crippen MR) is 77.8 cm³/mol. The van der Waals surface area contributed by atoms with E-state index in [0.29, 0.717) is 17.2 Å². The molecule has 0 aliphatic rings. The van der Waals surface area contributed by atoms with Gasteiger partial charge in [0.1, 0.15) is 11.5 Å². The molecule has 2 N–H and O–H groups in total. The minimum Gasteiger partial charge on any atom is -0.478 e. The van der Waals surface area contributed by atoms with Gasteiger partial charge in [0.2, 0.25) is 0 Å². The Morgan fingerprint density at radius 2 is 1.59 bits per heavy atom. The van der Waals surface area contributed by atoms with Crippen LogP contribution in [0.5, 0.6) is 0 Å². The summed E-state index contributed by atoms with van der Waals surface area (Å²) in [6, 6.07) is 2.17. The van der Waals surface area contributed by atoms with Crippen molar-refractivity contribution < 1.29 is 45.1 Å². The second-order valence-corrected chi connectivity index (χ2v) is 5.10. The second-order valence-electron chi connectivity index (χ2n) is 5.10. The van der Waals surface area contributed by atoms with E-state index in [4.69, 9.17) is 9.52 Å². The molecule has 2 rings (SSSR count). The first kappa shape index (κ1) is 20.3. The van der Waals surface area contributed by atoms with E-state index in [0.717, 1.165) is 0 Å². The van der Waals surface area contributed by atoms with E-state index < -0.39 is 24.1 Å². The minimum atomic E-state index is -6.47. The molecule has 0 bridgehead atoms. The summed E-state index contributed by atoms with van der Waals surface area (Å²) in [5.74, 6) is -7.57. The number of nitrogens with zero attached hydrogens (tertiary/aromatic N) is 1. The monoisotopic (exact) mass is 398 g/mol. The number of nitrogens with one attached hydrogen (secondary N) is 1. The summed E-state index contributed by atoms with van der Waals surface area (Å²) in [4.78, 5) is 10.8. The molecule has 0 amide bonds. The maximum absolute atomic E-state index is 13.0. The molecule has 0 saturated carbocycles. The van der Waals surface area contributed by atoms with Crippen LogP contribution in [0.1, 0.15) is 16.1 Å². The highest BCUT2D eigenvalue weighted by molar-refractivity contribution is 5.88. The van der Waals surface area contributed by atoms with Crippen LogP contribution in [0, 0.1) is 0 Å². The molecule has 1 aromatic carbocycles. The van der Waals surface area contributed by atoms with Crippen LogP contribution in [0.2, 0.25) is 0 Å². The van der Waals surface area contributed by atoms with Crippen LogP contribution >= 0.6 is 0 Å². The zero-order chi connectivity index (χ0) is 20.5. The first-order chi connectivity index (χ1) is 12.3. The zero-order valence-electron chi connectivity index (χ0n) is 12.9. The van der Waals surface area contributed by atoms with E-state index in [-0.39, 0.29) is 17.1 Å². The molecule has 5 nitrogen and oxygen atoms in total. The summed E-state index contributed by atoms with van der Waals surface area (Å²) in [6.07, 6.45) is -5.99. The molecule has 2 aromatic rings. The number of rotatable bonds is 6. The van der Waals surface area contributed by atoms with Gasteiger partial charge >= 0.3 is 24.1 Å². The lowest BCUT2D eigenvalue weighted by Gasteiger charge is -2.27. The third-order valence-corrected chi connectivity index (χ3v) is 3.19. The fraction of sp³-hybridized carbons (Fsp3) is 0.200. The molecular formula is C15H9F7N2O3.